The Morgan fingerprint density at radius 3 is 2.65 bits per heavy atom. The maximum Gasteiger partial charge on any atom is 0.276 e. The average molecular weight is 343 g/mol. The molecule has 0 aliphatic rings. The van der Waals surface area contributed by atoms with Crippen LogP contribution in [0.5, 0.6) is 0 Å². The van der Waals surface area contributed by atoms with Gasteiger partial charge in [-0.2, -0.15) is 5.26 Å². The van der Waals surface area contributed by atoms with Gasteiger partial charge >= 0.3 is 0 Å². The molecule has 2 aromatic carbocycles. The quantitative estimate of drug-likeness (QED) is 0.739. The summed E-state index contributed by atoms with van der Waals surface area (Å²) < 4.78 is 0. The van der Waals surface area contributed by atoms with E-state index in [2.05, 4.69) is 33.8 Å². The maximum absolute atomic E-state index is 12.2. The Morgan fingerprint density at radius 2 is 1.92 bits per heavy atom. The van der Waals surface area contributed by atoms with Crippen LogP contribution in [0.4, 0.5) is 11.5 Å². The minimum atomic E-state index is -0.377. The Hall–Kier alpha value is -3.72. The van der Waals surface area contributed by atoms with E-state index in [1.54, 1.807) is 36.4 Å². The molecule has 0 saturated heterocycles. The highest BCUT2D eigenvalue weighted by Gasteiger charge is 2.09. The predicted octanol–water partition coefficient (Wildman–Crippen LogP) is 3.52. The molecule has 0 radical (unpaired) electrons. The summed E-state index contributed by atoms with van der Waals surface area (Å²) in [6.07, 6.45) is 0. The summed E-state index contributed by atoms with van der Waals surface area (Å²) in [5.74, 6) is 0.217. The number of benzene rings is 2. The largest absolute Gasteiger partial charge is 0.364 e. The highest BCUT2D eigenvalue weighted by molar-refractivity contribution is 6.02. The van der Waals surface area contributed by atoms with E-state index in [1.807, 2.05) is 24.3 Å². The zero-order chi connectivity index (χ0) is 18.4. The van der Waals surface area contributed by atoms with E-state index in [0.717, 1.165) is 0 Å². The lowest BCUT2D eigenvalue weighted by atomic mass is 10.1. The molecule has 0 bridgehead atoms. The number of nitrogens with zero attached hydrogens (tertiary/aromatic N) is 3. The van der Waals surface area contributed by atoms with Crippen LogP contribution in [0.1, 0.15) is 27.2 Å². The molecule has 0 aliphatic carbocycles. The number of amides is 1. The fourth-order valence-electron chi connectivity index (χ4n) is 2.40. The van der Waals surface area contributed by atoms with E-state index < -0.39 is 0 Å². The summed E-state index contributed by atoms with van der Waals surface area (Å²) in [7, 11) is 0. The molecule has 0 atom stereocenters. The van der Waals surface area contributed by atoms with E-state index in [1.165, 1.54) is 11.1 Å². The molecule has 0 unspecified atom stereocenters. The molecule has 0 fully saturated rings. The Labute approximate surface area is 151 Å². The predicted molar refractivity (Wildman–Crippen MR) is 99.6 cm³/mol. The maximum atomic E-state index is 12.2. The van der Waals surface area contributed by atoms with Crippen LogP contribution in [0.25, 0.3) is 0 Å². The first-order chi connectivity index (χ1) is 12.7. The van der Waals surface area contributed by atoms with Gasteiger partial charge in [-0.25, -0.2) is 0 Å². The first-order valence-electron chi connectivity index (χ1n) is 8.09. The topological polar surface area (TPSA) is 90.7 Å². The Morgan fingerprint density at radius 1 is 1.08 bits per heavy atom. The lowest BCUT2D eigenvalue weighted by Gasteiger charge is -2.08. The first kappa shape index (κ1) is 17.1. The van der Waals surface area contributed by atoms with Crippen molar-refractivity contribution in [3.63, 3.8) is 0 Å². The van der Waals surface area contributed by atoms with Gasteiger partial charge in [-0.1, -0.05) is 30.3 Å². The number of anilines is 2. The molecule has 3 aromatic rings. The third-order valence-electron chi connectivity index (χ3n) is 3.87. The molecule has 0 saturated carbocycles. The number of hydrogen-bond donors (Lipinski definition) is 2. The molecule has 0 spiro atoms. The number of aryl methyl sites for hydroxylation is 1. The van der Waals surface area contributed by atoms with Gasteiger partial charge in [0, 0.05) is 12.2 Å². The van der Waals surface area contributed by atoms with Crippen molar-refractivity contribution >= 4 is 17.4 Å². The Kier molecular flexibility index (Phi) is 5.20. The molecule has 1 amide bonds. The molecule has 26 heavy (non-hydrogen) atoms. The monoisotopic (exact) mass is 343 g/mol. The highest BCUT2D eigenvalue weighted by atomic mass is 16.1. The van der Waals surface area contributed by atoms with Crippen molar-refractivity contribution in [1.29, 1.82) is 5.26 Å². The van der Waals surface area contributed by atoms with Crippen molar-refractivity contribution in [3.8, 4) is 6.07 Å². The van der Waals surface area contributed by atoms with E-state index >= 15 is 0 Å². The molecule has 6 nitrogen and oxygen atoms in total. The number of aromatic nitrogens is 2. The van der Waals surface area contributed by atoms with Gasteiger partial charge in [-0.3, -0.25) is 4.79 Å². The third kappa shape index (κ3) is 4.22. The summed E-state index contributed by atoms with van der Waals surface area (Å²) >= 11 is 0. The lowest BCUT2D eigenvalue weighted by molar-refractivity contribution is 0.102. The highest BCUT2D eigenvalue weighted by Crippen LogP contribution is 2.12. The number of carbonyl (C=O) groups excluding carboxylic acids is 1. The number of hydrogen-bond acceptors (Lipinski definition) is 5. The van der Waals surface area contributed by atoms with Crippen LogP contribution < -0.4 is 10.6 Å². The van der Waals surface area contributed by atoms with Gasteiger partial charge in [0.2, 0.25) is 0 Å². The SMILES string of the molecule is Cc1ccccc1CNc1ccc(C(=O)Nc2cccc(C#N)c2)nn1. The Balaban J connectivity index is 1.62. The molecule has 6 heteroatoms. The van der Waals surface area contributed by atoms with Crippen molar-refractivity contribution in [2.75, 3.05) is 10.6 Å². The minimum absolute atomic E-state index is 0.203. The second-order valence-electron chi connectivity index (χ2n) is 5.73. The van der Waals surface area contributed by atoms with Crippen molar-refractivity contribution < 1.29 is 4.79 Å². The van der Waals surface area contributed by atoms with Crippen LogP contribution in [0.3, 0.4) is 0 Å². The summed E-state index contributed by atoms with van der Waals surface area (Å²) in [6, 6.07) is 20.1. The molecule has 0 aliphatic heterocycles. The fourth-order valence-corrected chi connectivity index (χ4v) is 2.40. The number of nitriles is 1. The molecule has 2 N–H and O–H groups in total. The van der Waals surface area contributed by atoms with Gasteiger partial charge in [0.25, 0.3) is 5.91 Å². The van der Waals surface area contributed by atoms with Crippen LogP contribution >= 0.6 is 0 Å². The Bertz CT molecular complexity index is 960. The van der Waals surface area contributed by atoms with Gasteiger partial charge in [0.05, 0.1) is 11.6 Å². The summed E-state index contributed by atoms with van der Waals surface area (Å²) in [5.41, 5.74) is 3.59. The van der Waals surface area contributed by atoms with E-state index in [4.69, 9.17) is 5.26 Å². The van der Waals surface area contributed by atoms with E-state index in [9.17, 15) is 4.79 Å². The van der Waals surface area contributed by atoms with Crippen LogP contribution in [0.15, 0.2) is 60.7 Å². The van der Waals surface area contributed by atoms with Gasteiger partial charge < -0.3 is 10.6 Å². The fraction of sp³-hybridized carbons (Fsp3) is 0.100. The smallest absolute Gasteiger partial charge is 0.276 e. The number of nitrogens with one attached hydrogen (secondary N) is 2. The van der Waals surface area contributed by atoms with E-state index in [0.29, 0.717) is 23.6 Å². The molecular weight excluding hydrogens is 326 g/mol. The normalized spacial score (nSPS) is 10.0. The number of carbonyl (C=O) groups is 1. The summed E-state index contributed by atoms with van der Waals surface area (Å²) in [5, 5.41) is 22.8. The van der Waals surface area contributed by atoms with Crippen molar-refractivity contribution in [3.05, 3.63) is 83.0 Å². The van der Waals surface area contributed by atoms with Gasteiger partial charge in [-0.05, 0) is 48.4 Å². The first-order valence-corrected chi connectivity index (χ1v) is 8.09. The van der Waals surface area contributed by atoms with Crippen LogP contribution in [0, 0.1) is 18.3 Å². The molecule has 1 heterocycles. The molecule has 128 valence electrons. The molecule has 3 rings (SSSR count). The van der Waals surface area contributed by atoms with Gasteiger partial charge in [0.1, 0.15) is 5.82 Å². The summed E-state index contributed by atoms with van der Waals surface area (Å²) in [6.45, 7) is 2.69. The zero-order valence-corrected chi connectivity index (χ0v) is 14.2. The second-order valence-corrected chi connectivity index (χ2v) is 5.73. The third-order valence-corrected chi connectivity index (χ3v) is 3.87. The summed E-state index contributed by atoms with van der Waals surface area (Å²) in [4.78, 5) is 12.2. The van der Waals surface area contributed by atoms with Crippen molar-refractivity contribution in [2.45, 2.75) is 13.5 Å². The minimum Gasteiger partial charge on any atom is -0.364 e. The van der Waals surface area contributed by atoms with Crippen molar-refractivity contribution in [1.82, 2.24) is 10.2 Å². The standard InChI is InChI=1S/C20H17N5O/c1-14-5-2-3-7-16(14)13-22-19-10-9-18(24-25-19)20(26)23-17-8-4-6-15(11-17)12-21/h2-11H,13H2,1H3,(H,22,25)(H,23,26). The van der Waals surface area contributed by atoms with Gasteiger partial charge in [0.15, 0.2) is 5.69 Å². The van der Waals surface area contributed by atoms with Crippen LogP contribution in [-0.4, -0.2) is 16.1 Å². The van der Waals surface area contributed by atoms with Crippen molar-refractivity contribution in [2.24, 2.45) is 0 Å². The van der Waals surface area contributed by atoms with Crippen LogP contribution in [0.2, 0.25) is 0 Å². The van der Waals surface area contributed by atoms with Gasteiger partial charge in [-0.15, -0.1) is 10.2 Å². The zero-order valence-electron chi connectivity index (χ0n) is 14.2. The number of rotatable bonds is 5. The second kappa shape index (κ2) is 7.90. The average Bonchev–Trinajstić information content (AvgIpc) is 2.68. The van der Waals surface area contributed by atoms with E-state index in [-0.39, 0.29) is 11.6 Å². The lowest BCUT2D eigenvalue weighted by Crippen LogP contribution is -2.15. The molecule has 1 aromatic heterocycles. The van der Waals surface area contributed by atoms with Crippen LogP contribution in [-0.2, 0) is 6.54 Å². The molecular formula is C20H17N5O.